The van der Waals surface area contributed by atoms with Crippen molar-refractivity contribution in [2.75, 3.05) is 32.4 Å². The Hall–Kier alpha value is -1.44. The van der Waals surface area contributed by atoms with Crippen molar-refractivity contribution in [2.45, 2.75) is 6.04 Å². The van der Waals surface area contributed by atoms with E-state index in [9.17, 15) is 13.2 Å². The highest BCUT2D eigenvalue weighted by Crippen LogP contribution is 2.15. The highest BCUT2D eigenvalue weighted by Gasteiger charge is 2.28. The third kappa shape index (κ3) is 3.36. The molecule has 6 nitrogen and oxygen atoms in total. The lowest BCUT2D eigenvalue weighted by Crippen LogP contribution is -2.52. The molecule has 1 aliphatic rings. The van der Waals surface area contributed by atoms with Crippen LogP contribution < -0.4 is 5.73 Å². The number of amides is 1. The standard InChI is InChI=1S/C13H19N3O3S/c1-20(18,19)16-9-7-15(8-10-16)13(17)12(14)11-5-3-2-4-6-11/h2-6,12H,7-10,14H2,1H3/t12-/m0/s1. The second-order valence-corrected chi connectivity index (χ2v) is 6.86. The SMILES string of the molecule is CS(=O)(=O)N1CCN(C(=O)[C@@H](N)c2ccccc2)CC1. The van der Waals surface area contributed by atoms with E-state index in [2.05, 4.69) is 0 Å². The predicted molar refractivity (Wildman–Crippen MR) is 76.4 cm³/mol. The van der Waals surface area contributed by atoms with Crippen LogP contribution in [-0.4, -0.2) is 56.0 Å². The maximum atomic E-state index is 12.3. The van der Waals surface area contributed by atoms with Crippen molar-refractivity contribution in [1.29, 1.82) is 0 Å². The molecule has 0 unspecified atom stereocenters. The summed E-state index contributed by atoms with van der Waals surface area (Å²) in [6, 6.07) is 8.48. The molecule has 0 spiro atoms. The van der Waals surface area contributed by atoms with Gasteiger partial charge in [-0.05, 0) is 5.56 Å². The van der Waals surface area contributed by atoms with Gasteiger partial charge in [-0.25, -0.2) is 8.42 Å². The van der Waals surface area contributed by atoms with Gasteiger partial charge in [0.1, 0.15) is 6.04 Å². The number of hydrogen-bond acceptors (Lipinski definition) is 4. The predicted octanol–water partition coefficient (Wildman–Crippen LogP) is -0.210. The van der Waals surface area contributed by atoms with Gasteiger partial charge in [0.25, 0.3) is 0 Å². The monoisotopic (exact) mass is 297 g/mol. The third-order valence-corrected chi connectivity index (χ3v) is 4.75. The molecule has 1 amide bonds. The van der Waals surface area contributed by atoms with Gasteiger partial charge in [0, 0.05) is 26.2 Å². The molecule has 1 atom stereocenters. The van der Waals surface area contributed by atoms with E-state index in [1.165, 1.54) is 10.6 Å². The van der Waals surface area contributed by atoms with Crippen molar-refractivity contribution in [2.24, 2.45) is 5.73 Å². The molecule has 1 aliphatic heterocycles. The summed E-state index contributed by atoms with van der Waals surface area (Å²) < 4.78 is 24.2. The number of benzene rings is 1. The van der Waals surface area contributed by atoms with E-state index in [4.69, 9.17) is 5.73 Å². The molecule has 1 fully saturated rings. The normalized spacial score (nSPS) is 18.8. The van der Waals surface area contributed by atoms with Gasteiger partial charge < -0.3 is 10.6 Å². The molecule has 2 N–H and O–H groups in total. The van der Waals surface area contributed by atoms with Crippen LogP contribution in [0.1, 0.15) is 11.6 Å². The lowest BCUT2D eigenvalue weighted by molar-refractivity contribution is -0.133. The van der Waals surface area contributed by atoms with Crippen LogP contribution in [0.15, 0.2) is 30.3 Å². The average molecular weight is 297 g/mol. The topological polar surface area (TPSA) is 83.7 Å². The van der Waals surface area contributed by atoms with E-state index < -0.39 is 16.1 Å². The molecular formula is C13H19N3O3S. The number of carbonyl (C=O) groups excluding carboxylic acids is 1. The molecule has 20 heavy (non-hydrogen) atoms. The molecule has 1 aromatic carbocycles. The fourth-order valence-electron chi connectivity index (χ4n) is 2.24. The van der Waals surface area contributed by atoms with Crippen LogP contribution in [0.3, 0.4) is 0 Å². The molecule has 0 aliphatic carbocycles. The van der Waals surface area contributed by atoms with Crippen LogP contribution in [0.5, 0.6) is 0 Å². The first kappa shape index (κ1) is 15.0. The van der Waals surface area contributed by atoms with Gasteiger partial charge in [-0.15, -0.1) is 0 Å². The Morgan fingerprint density at radius 2 is 1.70 bits per heavy atom. The van der Waals surface area contributed by atoms with Gasteiger partial charge in [-0.3, -0.25) is 4.79 Å². The van der Waals surface area contributed by atoms with Gasteiger partial charge in [-0.1, -0.05) is 30.3 Å². The summed E-state index contributed by atoms with van der Waals surface area (Å²) in [5.41, 5.74) is 6.73. The summed E-state index contributed by atoms with van der Waals surface area (Å²) in [6.07, 6.45) is 1.18. The Kier molecular flexibility index (Phi) is 4.42. The van der Waals surface area contributed by atoms with E-state index >= 15 is 0 Å². The lowest BCUT2D eigenvalue weighted by Gasteiger charge is -2.34. The van der Waals surface area contributed by atoms with Crippen LogP contribution in [0.25, 0.3) is 0 Å². The van der Waals surface area contributed by atoms with Gasteiger partial charge in [0.2, 0.25) is 15.9 Å². The van der Waals surface area contributed by atoms with Crippen molar-refractivity contribution >= 4 is 15.9 Å². The molecular weight excluding hydrogens is 278 g/mol. The zero-order valence-electron chi connectivity index (χ0n) is 11.4. The zero-order chi connectivity index (χ0) is 14.8. The molecule has 1 saturated heterocycles. The van der Waals surface area contributed by atoms with Gasteiger partial charge in [0.05, 0.1) is 6.26 Å². The van der Waals surface area contributed by atoms with Crippen molar-refractivity contribution in [3.63, 3.8) is 0 Å². The van der Waals surface area contributed by atoms with E-state index in [1.54, 1.807) is 4.90 Å². The minimum atomic E-state index is -3.18. The number of carbonyl (C=O) groups is 1. The van der Waals surface area contributed by atoms with Gasteiger partial charge in [-0.2, -0.15) is 4.31 Å². The van der Waals surface area contributed by atoms with Gasteiger partial charge >= 0.3 is 0 Å². The second kappa shape index (κ2) is 5.90. The second-order valence-electron chi connectivity index (χ2n) is 4.88. The number of nitrogens with two attached hydrogens (primary N) is 1. The Labute approximate surface area is 119 Å². The van der Waals surface area contributed by atoms with E-state index in [-0.39, 0.29) is 5.91 Å². The molecule has 0 radical (unpaired) electrons. The molecule has 110 valence electrons. The van der Waals surface area contributed by atoms with E-state index in [1.807, 2.05) is 30.3 Å². The first-order valence-electron chi connectivity index (χ1n) is 6.44. The minimum Gasteiger partial charge on any atom is -0.338 e. The quantitative estimate of drug-likeness (QED) is 0.837. The first-order valence-corrected chi connectivity index (χ1v) is 8.29. The zero-order valence-corrected chi connectivity index (χ0v) is 12.2. The number of rotatable bonds is 3. The van der Waals surface area contributed by atoms with Crippen molar-refractivity contribution < 1.29 is 13.2 Å². The highest BCUT2D eigenvalue weighted by molar-refractivity contribution is 7.88. The summed E-state index contributed by atoms with van der Waals surface area (Å²) in [6.45, 7) is 1.41. The highest BCUT2D eigenvalue weighted by atomic mass is 32.2. The summed E-state index contributed by atoms with van der Waals surface area (Å²) in [5.74, 6) is -0.163. The van der Waals surface area contributed by atoms with E-state index in [0.717, 1.165) is 5.56 Å². The summed E-state index contributed by atoms with van der Waals surface area (Å²) in [4.78, 5) is 13.9. The Morgan fingerprint density at radius 1 is 1.15 bits per heavy atom. The van der Waals surface area contributed by atoms with Gasteiger partial charge in [0.15, 0.2) is 0 Å². The smallest absolute Gasteiger partial charge is 0.244 e. The maximum Gasteiger partial charge on any atom is 0.244 e. The largest absolute Gasteiger partial charge is 0.338 e. The molecule has 0 saturated carbocycles. The fourth-order valence-corrected chi connectivity index (χ4v) is 3.07. The number of piperazine rings is 1. The van der Waals surface area contributed by atoms with Crippen molar-refractivity contribution in [3.8, 4) is 0 Å². The molecule has 2 rings (SSSR count). The summed E-state index contributed by atoms with van der Waals surface area (Å²) >= 11 is 0. The minimum absolute atomic E-state index is 0.163. The summed E-state index contributed by atoms with van der Waals surface area (Å²) in [7, 11) is -3.18. The molecule has 0 bridgehead atoms. The van der Waals surface area contributed by atoms with Crippen LogP contribution in [0.4, 0.5) is 0 Å². The number of nitrogens with zero attached hydrogens (tertiary/aromatic N) is 2. The number of sulfonamides is 1. The molecule has 1 heterocycles. The van der Waals surface area contributed by atoms with Crippen LogP contribution in [0.2, 0.25) is 0 Å². The Balaban J connectivity index is 1.99. The maximum absolute atomic E-state index is 12.3. The van der Waals surface area contributed by atoms with Crippen LogP contribution in [0, 0.1) is 0 Å². The molecule has 0 aromatic heterocycles. The van der Waals surface area contributed by atoms with Crippen LogP contribution >= 0.6 is 0 Å². The van der Waals surface area contributed by atoms with E-state index in [0.29, 0.717) is 26.2 Å². The average Bonchev–Trinajstić information content (AvgIpc) is 2.46. The molecule has 1 aromatic rings. The lowest BCUT2D eigenvalue weighted by atomic mass is 10.1. The Morgan fingerprint density at radius 3 is 2.20 bits per heavy atom. The Bertz CT molecular complexity index is 566. The van der Waals surface area contributed by atoms with Crippen LogP contribution in [-0.2, 0) is 14.8 Å². The van der Waals surface area contributed by atoms with Crippen molar-refractivity contribution in [1.82, 2.24) is 9.21 Å². The fraction of sp³-hybridized carbons (Fsp3) is 0.462. The summed E-state index contributed by atoms with van der Waals surface area (Å²) in [5, 5.41) is 0. The first-order chi connectivity index (χ1) is 9.39. The molecule has 7 heteroatoms. The van der Waals surface area contributed by atoms with Crippen molar-refractivity contribution in [3.05, 3.63) is 35.9 Å². The third-order valence-electron chi connectivity index (χ3n) is 3.44. The number of hydrogen-bond donors (Lipinski definition) is 1.